The number of nitrogens with zero attached hydrogens (tertiary/aromatic N) is 3. The standard InChI is InChI=1S/C19H22N4OS/c20-11-15-4-1-6-18(21-15)22-16-10-19(24-13-16)7-3-8-23(14-19)12-17-5-2-9-25-17/h1-2,4-6,9,16H,3,7-8,10,12-14H2,(H,21,22)/t16-,19+/m0/s1. The summed E-state index contributed by atoms with van der Waals surface area (Å²) < 4.78 is 6.28. The van der Waals surface area contributed by atoms with Crippen LogP contribution in [-0.2, 0) is 11.3 Å². The minimum atomic E-state index is -0.0417. The first-order chi connectivity index (χ1) is 12.2. The Morgan fingerprint density at radius 1 is 1.40 bits per heavy atom. The van der Waals surface area contributed by atoms with E-state index < -0.39 is 0 Å². The molecule has 0 unspecified atom stereocenters. The fourth-order valence-corrected chi connectivity index (χ4v) is 4.70. The Hall–Kier alpha value is -1.94. The van der Waals surface area contributed by atoms with E-state index >= 15 is 0 Å². The van der Waals surface area contributed by atoms with Crippen molar-refractivity contribution in [2.45, 2.75) is 37.5 Å². The fourth-order valence-electron chi connectivity index (χ4n) is 3.96. The van der Waals surface area contributed by atoms with Crippen LogP contribution in [0.1, 0.15) is 29.8 Å². The van der Waals surface area contributed by atoms with Gasteiger partial charge in [-0.1, -0.05) is 12.1 Å². The van der Waals surface area contributed by atoms with Gasteiger partial charge in [0.1, 0.15) is 17.6 Å². The number of nitrogens with one attached hydrogen (secondary N) is 1. The van der Waals surface area contributed by atoms with Crippen molar-refractivity contribution in [1.82, 2.24) is 9.88 Å². The topological polar surface area (TPSA) is 61.2 Å². The van der Waals surface area contributed by atoms with Gasteiger partial charge in [0.15, 0.2) is 0 Å². The highest BCUT2D eigenvalue weighted by atomic mass is 32.1. The van der Waals surface area contributed by atoms with Crippen molar-refractivity contribution < 1.29 is 4.74 Å². The van der Waals surface area contributed by atoms with Crippen molar-refractivity contribution in [1.29, 1.82) is 5.26 Å². The van der Waals surface area contributed by atoms with Crippen molar-refractivity contribution >= 4 is 17.2 Å². The minimum absolute atomic E-state index is 0.0417. The average Bonchev–Trinajstić information content (AvgIpc) is 3.26. The maximum Gasteiger partial charge on any atom is 0.142 e. The lowest BCUT2D eigenvalue weighted by Gasteiger charge is -2.39. The molecular formula is C19H22N4OS. The molecule has 6 heteroatoms. The molecule has 0 radical (unpaired) electrons. The smallest absolute Gasteiger partial charge is 0.142 e. The predicted molar refractivity (Wildman–Crippen MR) is 98.5 cm³/mol. The number of thiophene rings is 1. The monoisotopic (exact) mass is 354 g/mol. The van der Waals surface area contributed by atoms with Gasteiger partial charge in [0.05, 0.1) is 18.2 Å². The van der Waals surface area contributed by atoms with Gasteiger partial charge in [-0.15, -0.1) is 11.3 Å². The Bertz CT molecular complexity index is 757. The molecule has 2 saturated heterocycles. The molecule has 1 spiro atoms. The van der Waals surface area contributed by atoms with E-state index in [1.165, 1.54) is 11.3 Å². The molecule has 2 aliphatic heterocycles. The van der Waals surface area contributed by atoms with Crippen molar-refractivity contribution in [2.24, 2.45) is 0 Å². The number of pyridine rings is 1. The van der Waals surface area contributed by atoms with Crippen molar-refractivity contribution in [3.63, 3.8) is 0 Å². The third-order valence-corrected chi connectivity index (χ3v) is 5.86. The summed E-state index contributed by atoms with van der Waals surface area (Å²) >= 11 is 1.82. The third-order valence-electron chi connectivity index (χ3n) is 5.00. The number of hydrogen-bond acceptors (Lipinski definition) is 6. The number of ether oxygens (including phenoxy) is 1. The number of aromatic nitrogens is 1. The molecular weight excluding hydrogens is 332 g/mol. The SMILES string of the molecule is N#Cc1cccc(N[C@@H]2CO[C@]3(CCCN(Cc4cccs4)C3)C2)n1. The fraction of sp³-hybridized carbons (Fsp3) is 0.474. The lowest BCUT2D eigenvalue weighted by atomic mass is 9.88. The van der Waals surface area contributed by atoms with Crippen LogP contribution >= 0.6 is 11.3 Å². The second kappa shape index (κ2) is 7.12. The molecule has 0 bridgehead atoms. The zero-order valence-corrected chi connectivity index (χ0v) is 15.0. The molecule has 2 aromatic rings. The highest BCUT2D eigenvalue weighted by molar-refractivity contribution is 7.09. The van der Waals surface area contributed by atoms with Gasteiger partial charge < -0.3 is 10.1 Å². The molecule has 0 aromatic carbocycles. The number of nitriles is 1. The Labute approximate surface area is 152 Å². The summed E-state index contributed by atoms with van der Waals surface area (Å²) in [6.45, 7) is 3.86. The van der Waals surface area contributed by atoms with Gasteiger partial charge >= 0.3 is 0 Å². The molecule has 2 atom stereocenters. The largest absolute Gasteiger partial charge is 0.371 e. The normalized spacial score (nSPS) is 26.6. The molecule has 4 rings (SSSR count). The molecule has 2 aliphatic rings. The lowest BCUT2D eigenvalue weighted by molar-refractivity contribution is -0.0531. The van der Waals surface area contributed by atoms with E-state index in [0.717, 1.165) is 38.3 Å². The Morgan fingerprint density at radius 3 is 3.20 bits per heavy atom. The summed E-state index contributed by atoms with van der Waals surface area (Å²) in [5, 5.41) is 14.6. The van der Waals surface area contributed by atoms with E-state index in [1.54, 1.807) is 6.07 Å². The number of piperidine rings is 1. The number of hydrogen-bond donors (Lipinski definition) is 1. The molecule has 0 saturated carbocycles. The zero-order valence-electron chi connectivity index (χ0n) is 14.1. The quantitative estimate of drug-likeness (QED) is 0.913. The molecule has 130 valence electrons. The highest BCUT2D eigenvalue weighted by Crippen LogP contribution is 2.36. The van der Waals surface area contributed by atoms with E-state index in [0.29, 0.717) is 12.3 Å². The number of rotatable bonds is 4. The molecule has 5 nitrogen and oxygen atoms in total. The first-order valence-electron chi connectivity index (χ1n) is 8.77. The summed E-state index contributed by atoms with van der Waals surface area (Å²) in [7, 11) is 0. The average molecular weight is 354 g/mol. The second-order valence-corrected chi connectivity index (χ2v) is 7.99. The Kier molecular flexibility index (Phi) is 4.71. The van der Waals surface area contributed by atoms with Crippen LogP contribution in [-0.4, -0.2) is 41.2 Å². The third kappa shape index (κ3) is 3.84. The first-order valence-corrected chi connectivity index (χ1v) is 9.65. The van der Waals surface area contributed by atoms with Crippen LogP contribution in [0.15, 0.2) is 35.7 Å². The van der Waals surface area contributed by atoms with Crippen molar-refractivity contribution in [3.05, 3.63) is 46.3 Å². The van der Waals surface area contributed by atoms with Crippen LogP contribution in [0.25, 0.3) is 0 Å². The summed E-state index contributed by atoms with van der Waals surface area (Å²) in [4.78, 5) is 8.26. The molecule has 0 aliphatic carbocycles. The first kappa shape index (κ1) is 16.5. The van der Waals surface area contributed by atoms with Gasteiger partial charge in [0.2, 0.25) is 0 Å². The van der Waals surface area contributed by atoms with E-state index in [2.05, 4.69) is 38.8 Å². The van der Waals surface area contributed by atoms with Crippen LogP contribution in [0.5, 0.6) is 0 Å². The molecule has 25 heavy (non-hydrogen) atoms. The van der Waals surface area contributed by atoms with E-state index in [-0.39, 0.29) is 11.6 Å². The van der Waals surface area contributed by atoms with Crippen LogP contribution in [0.4, 0.5) is 5.82 Å². The molecule has 2 fully saturated rings. The second-order valence-electron chi connectivity index (χ2n) is 6.95. The lowest BCUT2D eigenvalue weighted by Crippen LogP contribution is -2.47. The summed E-state index contributed by atoms with van der Waals surface area (Å²) in [5.41, 5.74) is 0.401. The van der Waals surface area contributed by atoms with Gasteiger partial charge in [0.25, 0.3) is 0 Å². The molecule has 0 amide bonds. The Balaban J connectivity index is 1.38. The Morgan fingerprint density at radius 2 is 2.36 bits per heavy atom. The van der Waals surface area contributed by atoms with E-state index in [9.17, 15) is 0 Å². The molecule has 4 heterocycles. The van der Waals surface area contributed by atoms with Crippen LogP contribution in [0.3, 0.4) is 0 Å². The maximum atomic E-state index is 8.99. The summed E-state index contributed by atoms with van der Waals surface area (Å²) in [6.07, 6.45) is 3.30. The molecule has 1 N–H and O–H groups in total. The highest BCUT2D eigenvalue weighted by Gasteiger charge is 2.43. The van der Waals surface area contributed by atoms with Crippen LogP contribution in [0, 0.1) is 11.3 Å². The van der Waals surface area contributed by atoms with E-state index in [1.807, 2.05) is 23.5 Å². The zero-order chi connectivity index (χ0) is 17.1. The maximum absolute atomic E-state index is 8.99. The minimum Gasteiger partial charge on any atom is -0.371 e. The van der Waals surface area contributed by atoms with Crippen molar-refractivity contribution in [3.8, 4) is 6.07 Å². The van der Waals surface area contributed by atoms with E-state index in [4.69, 9.17) is 10.00 Å². The van der Waals surface area contributed by atoms with Gasteiger partial charge in [-0.05, 0) is 43.0 Å². The number of anilines is 1. The van der Waals surface area contributed by atoms with Gasteiger partial charge in [-0.2, -0.15) is 5.26 Å². The molecule has 2 aromatic heterocycles. The van der Waals surface area contributed by atoms with Crippen molar-refractivity contribution in [2.75, 3.05) is 25.0 Å². The van der Waals surface area contributed by atoms with Gasteiger partial charge in [-0.25, -0.2) is 4.98 Å². The van der Waals surface area contributed by atoms with Crippen LogP contribution in [0.2, 0.25) is 0 Å². The number of likely N-dealkylation sites (tertiary alicyclic amines) is 1. The predicted octanol–water partition coefficient (Wildman–Crippen LogP) is 3.25. The summed E-state index contributed by atoms with van der Waals surface area (Å²) in [6, 6.07) is 12.2. The summed E-state index contributed by atoms with van der Waals surface area (Å²) in [5.74, 6) is 0.760. The van der Waals surface area contributed by atoms with Gasteiger partial charge in [0, 0.05) is 24.4 Å². The van der Waals surface area contributed by atoms with Gasteiger partial charge in [-0.3, -0.25) is 4.90 Å². The van der Waals surface area contributed by atoms with Crippen LogP contribution < -0.4 is 5.32 Å².